The first-order valence-electron chi connectivity index (χ1n) is 8.81. The van der Waals surface area contributed by atoms with Crippen molar-refractivity contribution in [3.63, 3.8) is 0 Å². The van der Waals surface area contributed by atoms with E-state index in [2.05, 4.69) is 26.1 Å². The summed E-state index contributed by atoms with van der Waals surface area (Å²) in [4.78, 5) is 25.5. The Morgan fingerprint density at radius 3 is 2.24 bits per heavy atom. The Hall–Kier alpha value is -3.91. The van der Waals surface area contributed by atoms with Crippen LogP contribution in [-0.2, 0) is 0 Å². The molecule has 4 aromatic rings. The Morgan fingerprint density at radius 2 is 1.55 bits per heavy atom. The molecule has 0 atom stereocenters. The molecule has 0 unspecified atom stereocenters. The second-order valence-electron chi connectivity index (χ2n) is 6.12. The monoisotopic (exact) mass is 403 g/mol. The minimum absolute atomic E-state index is 0.283. The molecule has 8 heteroatoms. The summed E-state index contributed by atoms with van der Waals surface area (Å²) in [6, 6.07) is 21.1. The molecule has 0 fully saturated rings. The second kappa shape index (κ2) is 8.41. The zero-order chi connectivity index (χ0) is 20.1. The van der Waals surface area contributed by atoms with E-state index in [1.807, 2.05) is 35.7 Å². The van der Waals surface area contributed by atoms with Gasteiger partial charge >= 0.3 is 6.03 Å². The molecule has 7 nitrogen and oxygen atoms in total. The highest BCUT2D eigenvalue weighted by Crippen LogP contribution is 2.24. The average molecular weight is 403 g/mol. The van der Waals surface area contributed by atoms with Crippen molar-refractivity contribution in [1.82, 2.24) is 10.2 Å². The number of benzene rings is 2. The topological polar surface area (TPSA) is 98.9 Å². The van der Waals surface area contributed by atoms with E-state index in [1.165, 1.54) is 0 Å². The third-order valence-electron chi connectivity index (χ3n) is 4.04. The first-order valence-corrected chi connectivity index (χ1v) is 9.69. The number of thiophene rings is 1. The van der Waals surface area contributed by atoms with E-state index in [0.29, 0.717) is 22.8 Å². The van der Waals surface area contributed by atoms with Crippen LogP contribution in [0.1, 0.15) is 10.4 Å². The average Bonchev–Trinajstić information content (AvgIpc) is 3.41. The zero-order valence-corrected chi connectivity index (χ0v) is 16.0. The van der Waals surface area contributed by atoms with Crippen LogP contribution in [0, 0.1) is 0 Å². The number of rotatable bonds is 5. The molecule has 0 spiro atoms. The van der Waals surface area contributed by atoms with Gasteiger partial charge in [-0.15, -0.1) is 11.3 Å². The van der Waals surface area contributed by atoms with Gasteiger partial charge in [0.15, 0.2) is 5.82 Å². The molecule has 29 heavy (non-hydrogen) atoms. The highest BCUT2D eigenvalue weighted by molar-refractivity contribution is 7.13. The Kier molecular flexibility index (Phi) is 5.35. The smallest absolute Gasteiger partial charge is 0.308 e. The van der Waals surface area contributed by atoms with Gasteiger partial charge in [-0.3, -0.25) is 9.89 Å². The number of aromatic amines is 1. The number of nitrogens with one attached hydrogen (secondary N) is 4. The number of aromatic nitrogens is 2. The van der Waals surface area contributed by atoms with Gasteiger partial charge in [-0.25, -0.2) is 4.79 Å². The summed E-state index contributed by atoms with van der Waals surface area (Å²) < 4.78 is 0. The largest absolute Gasteiger partial charge is 0.323 e. The Morgan fingerprint density at radius 1 is 0.828 bits per heavy atom. The number of hydrogen-bond acceptors (Lipinski definition) is 4. The van der Waals surface area contributed by atoms with Gasteiger partial charge in [0.25, 0.3) is 5.91 Å². The quantitative estimate of drug-likeness (QED) is 0.376. The molecule has 0 bridgehead atoms. The van der Waals surface area contributed by atoms with Gasteiger partial charge in [0.05, 0.1) is 10.6 Å². The van der Waals surface area contributed by atoms with Gasteiger partial charge in [-0.2, -0.15) is 5.10 Å². The van der Waals surface area contributed by atoms with Gasteiger partial charge in [-0.05, 0) is 47.8 Å². The minimum atomic E-state index is -0.356. The number of urea groups is 1. The molecule has 0 saturated carbocycles. The zero-order valence-electron chi connectivity index (χ0n) is 15.2. The van der Waals surface area contributed by atoms with Crippen LogP contribution in [0.3, 0.4) is 0 Å². The molecule has 144 valence electrons. The lowest BCUT2D eigenvalue weighted by Gasteiger charge is -2.08. The highest BCUT2D eigenvalue weighted by Gasteiger charge is 2.10. The molecule has 2 aromatic heterocycles. The van der Waals surface area contributed by atoms with E-state index in [-0.39, 0.29) is 11.9 Å². The van der Waals surface area contributed by atoms with Crippen molar-refractivity contribution in [3.05, 3.63) is 83.7 Å². The van der Waals surface area contributed by atoms with Crippen molar-refractivity contribution in [2.75, 3.05) is 16.0 Å². The molecule has 4 rings (SSSR count). The molecular formula is C21H17N5O2S. The van der Waals surface area contributed by atoms with Crippen LogP contribution in [0.2, 0.25) is 0 Å². The first kappa shape index (κ1) is 18.5. The summed E-state index contributed by atoms with van der Waals surface area (Å²) in [7, 11) is 0. The van der Waals surface area contributed by atoms with Crippen LogP contribution in [-0.4, -0.2) is 22.1 Å². The van der Waals surface area contributed by atoms with Crippen molar-refractivity contribution >= 4 is 40.5 Å². The van der Waals surface area contributed by atoms with E-state index in [0.717, 1.165) is 10.6 Å². The van der Waals surface area contributed by atoms with Crippen LogP contribution >= 0.6 is 11.3 Å². The van der Waals surface area contributed by atoms with Crippen LogP contribution in [0.4, 0.5) is 22.0 Å². The predicted molar refractivity (Wildman–Crippen MR) is 115 cm³/mol. The Bertz CT molecular complexity index is 1110. The van der Waals surface area contributed by atoms with Crippen LogP contribution in [0.25, 0.3) is 10.6 Å². The third-order valence-corrected chi connectivity index (χ3v) is 4.95. The summed E-state index contributed by atoms with van der Waals surface area (Å²) in [6.07, 6.45) is 0. The van der Waals surface area contributed by atoms with Gasteiger partial charge < -0.3 is 16.0 Å². The van der Waals surface area contributed by atoms with E-state index in [4.69, 9.17) is 0 Å². The van der Waals surface area contributed by atoms with Crippen molar-refractivity contribution in [2.24, 2.45) is 0 Å². The summed E-state index contributed by atoms with van der Waals surface area (Å²) >= 11 is 1.59. The molecule has 4 N–H and O–H groups in total. The lowest BCUT2D eigenvalue weighted by atomic mass is 10.2. The number of carbonyl (C=O) groups is 2. The number of carbonyl (C=O) groups excluding carboxylic acids is 2. The summed E-state index contributed by atoms with van der Waals surface area (Å²) in [6.45, 7) is 0. The summed E-state index contributed by atoms with van der Waals surface area (Å²) in [5.41, 5.74) is 2.58. The van der Waals surface area contributed by atoms with E-state index in [1.54, 1.807) is 53.8 Å². The van der Waals surface area contributed by atoms with E-state index >= 15 is 0 Å². The second-order valence-corrected chi connectivity index (χ2v) is 7.07. The predicted octanol–water partition coefficient (Wildman–Crippen LogP) is 5.03. The van der Waals surface area contributed by atoms with Crippen LogP contribution < -0.4 is 16.0 Å². The van der Waals surface area contributed by atoms with Crippen molar-refractivity contribution in [2.45, 2.75) is 0 Å². The number of hydrogen-bond donors (Lipinski definition) is 4. The molecule has 0 radical (unpaired) electrons. The fourth-order valence-electron chi connectivity index (χ4n) is 2.65. The fourth-order valence-corrected chi connectivity index (χ4v) is 3.34. The maximum absolute atomic E-state index is 12.4. The van der Waals surface area contributed by atoms with Gasteiger partial charge in [0, 0.05) is 23.0 Å². The SMILES string of the molecule is O=C(Nc1ccccc1)Nc1ccc(C(=O)Nc2cc(-c3cccs3)[nH]n2)cc1. The molecule has 2 aromatic carbocycles. The van der Waals surface area contributed by atoms with Crippen LogP contribution in [0.15, 0.2) is 78.2 Å². The lowest BCUT2D eigenvalue weighted by molar-refractivity contribution is 0.102. The minimum Gasteiger partial charge on any atom is -0.308 e. The van der Waals surface area contributed by atoms with E-state index < -0.39 is 0 Å². The molecular weight excluding hydrogens is 386 g/mol. The Labute approximate surface area is 170 Å². The molecule has 0 saturated heterocycles. The van der Waals surface area contributed by atoms with Crippen molar-refractivity contribution in [3.8, 4) is 10.6 Å². The highest BCUT2D eigenvalue weighted by atomic mass is 32.1. The molecule has 0 aliphatic rings. The number of amides is 3. The Balaban J connectivity index is 1.35. The van der Waals surface area contributed by atoms with Crippen molar-refractivity contribution in [1.29, 1.82) is 0 Å². The third kappa shape index (κ3) is 4.69. The molecule has 3 amide bonds. The standard InChI is InChI=1S/C21H17N5O2S/c27-20(24-19-13-17(25-26-19)18-7-4-12-29-18)14-8-10-16(11-9-14)23-21(28)22-15-5-2-1-3-6-15/h1-13H,(H2,22,23,28)(H2,24,25,26,27). The van der Waals surface area contributed by atoms with Crippen molar-refractivity contribution < 1.29 is 9.59 Å². The van der Waals surface area contributed by atoms with Gasteiger partial charge in [-0.1, -0.05) is 24.3 Å². The maximum Gasteiger partial charge on any atom is 0.323 e. The fraction of sp³-hybridized carbons (Fsp3) is 0. The first-order chi connectivity index (χ1) is 14.2. The normalized spacial score (nSPS) is 10.3. The summed E-state index contributed by atoms with van der Waals surface area (Å²) in [5.74, 6) is 0.164. The number of nitrogens with zero attached hydrogens (tertiary/aromatic N) is 1. The summed E-state index contributed by atoms with van der Waals surface area (Å²) in [5, 5.41) is 17.2. The number of para-hydroxylation sites is 1. The molecule has 2 heterocycles. The molecule has 0 aliphatic carbocycles. The van der Waals surface area contributed by atoms with Gasteiger partial charge in [0.1, 0.15) is 0 Å². The van der Waals surface area contributed by atoms with Crippen LogP contribution in [0.5, 0.6) is 0 Å². The van der Waals surface area contributed by atoms with E-state index in [9.17, 15) is 9.59 Å². The molecule has 0 aliphatic heterocycles. The maximum atomic E-state index is 12.4. The lowest BCUT2D eigenvalue weighted by Crippen LogP contribution is -2.19. The number of anilines is 3. The van der Waals surface area contributed by atoms with Gasteiger partial charge in [0.2, 0.25) is 0 Å². The number of H-pyrrole nitrogens is 1.